The fourth-order valence-electron chi connectivity index (χ4n) is 1.29. The van der Waals surface area contributed by atoms with Crippen LogP contribution in [0.15, 0.2) is 0 Å². The molecule has 2 N–H and O–H groups in total. The van der Waals surface area contributed by atoms with E-state index in [1.165, 1.54) is 4.90 Å². The molecule has 78 valence electrons. The Morgan fingerprint density at radius 2 is 1.69 bits per heavy atom. The minimum atomic E-state index is -0.999. The van der Waals surface area contributed by atoms with Crippen LogP contribution in [0.2, 0.25) is 0 Å². The van der Waals surface area contributed by atoms with Crippen molar-refractivity contribution >= 4 is 6.09 Å². The van der Waals surface area contributed by atoms with Gasteiger partial charge >= 0.3 is 6.09 Å². The zero-order chi connectivity index (χ0) is 10.8. The summed E-state index contributed by atoms with van der Waals surface area (Å²) >= 11 is 0. The Morgan fingerprint density at radius 1 is 1.31 bits per heavy atom. The third-order valence-electron chi connectivity index (χ3n) is 2.03. The molecule has 0 aliphatic heterocycles. The molecule has 0 aromatic carbocycles. The highest BCUT2D eigenvalue weighted by molar-refractivity contribution is 5.66. The molecule has 0 radical (unpaired) electrons. The van der Waals surface area contributed by atoms with E-state index in [9.17, 15) is 9.90 Å². The van der Waals surface area contributed by atoms with Gasteiger partial charge < -0.3 is 10.2 Å². The zero-order valence-electron chi connectivity index (χ0n) is 8.90. The first kappa shape index (κ1) is 12.2. The summed E-state index contributed by atoms with van der Waals surface area (Å²) in [5.41, 5.74) is -0.484. The van der Waals surface area contributed by atoms with E-state index >= 15 is 0 Å². The van der Waals surface area contributed by atoms with Gasteiger partial charge in [-0.25, -0.2) is 4.79 Å². The van der Waals surface area contributed by atoms with Gasteiger partial charge in [-0.3, -0.25) is 4.90 Å². The molecule has 0 fully saturated rings. The Morgan fingerprint density at radius 3 is 1.77 bits per heavy atom. The molecule has 0 aromatic heterocycles. The van der Waals surface area contributed by atoms with Gasteiger partial charge in [-0.05, 0) is 34.6 Å². The largest absolute Gasteiger partial charge is 0.465 e. The lowest BCUT2D eigenvalue weighted by molar-refractivity contribution is 0.0221. The van der Waals surface area contributed by atoms with E-state index in [0.717, 1.165) is 0 Å². The first-order valence-electron chi connectivity index (χ1n) is 4.38. The molecule has 0 heterocycles. The molecule has 0 aliphatic carbocycles. The molecule has 2 unspecified atom stereocenters. The summed E-state index contributed by atoms with van der Waals surface area (Å²) in [6.07, 6.45) is -1.66. The van der Waals surface area contributed by atoms with Crippen molar-refractivity contribution in [1.29, 1.82) is 0 Å². The van der Waals surface area contributed by atoms with E-state index in [1.54, 1.807) is 34.6 Å². The van der Waals surface area contributed by atoms with Crippen molar-refractivity contribution in [3.8, 4) is 0 Å². The zero-order valence-corrected chi connectivity index (χ0v) is 8.90. The maximum Gasteiger partial charge on any atom is 0.408 e. The molecule has 1 amide bonds. The van der Waals surface area contributed by atoms with Crippen LogP contribution in [0.5, 0.6) is 0 Å². The van der Waals surface area contributed by atoms with Gasteiger partial charge in [0.15, 0.2) is 0 Å². The van der Waals surface area contributed by atoms with Crippen molar-refractivity contribution in [2.75, 3.05) is 0 Å². The number of hydrogen-bond donors (Lipinski definition) is 2. The lowest BCUT2D eigenvalue weighted by atomic mass is 10.0. The number of hydrogen-bond acceptors (Lipinski definition) is 2. The van der Waals surface area contributed by atoms with E-state index in [2.05, 4.69) is 0 Å². The Labute approximate surface area is 79.2 Å². The summed E-state index contributed by atoms with van der Waals surface area (Å²) < 4.78 is 0. The maximum atomic E-state index is 10.9. The standard InChI is InChI=1S/C9H19NO3/c1-6(7(2)11)10(8(12)13)9(3,4)5/h6-7,11H,1-5H3,(H,12,13). The Kier molecular flexibility index (Phi) is 3.72. The molecule has 0 aliphatic rings. The van der Waals surface area contributed by atoms with Gasteiger partial charge in [0.25, 0.3) is 0 Å². The lowest BCUT2D eigenvalue weighted by Crippen LogP contribution is -2.53. The van der Waals surface area contributed by atoms with Gasteiger partial charge in [0.1, 0.15) is 0 Å². The number of carbonyl (C=O) groups is 1. The van der Waals surface area contributed by atoms with Gasteiger partial charge in [0, 0.05) is 5.54 Å². The molecule has 2 atom stereocenters. The van der Waals surface area contributed by atoms with Crippen LogP contribution >= 0.6 is 0 Å². The molecule has 0 saturated carbocycles. The molecule has 13 heavy (non-hydrogen) atoms. The lowest BCUT2D eigenvalue weighted by Gasteiger charge is -2.39. The summed E-state index contributed by atoms with van der Waals surface area (Å²) in [4.78, 5) is 12.2. The minimum Gasteiger partial charge on any atom is -0.465 e. The molecule has 0 bridgehead atoms. The second-order valence-corrected chi connectivity index (χ2v) is 4.30. The molecule has 0 spiro atoms. The van der Waals surface area contributed by atoms with Crippen molar-refractivity contribution in [2.45, 2.75) is 52.3 Å². The van der Waals surface area contributed by atoms with Gasteiger partial charge in [-0.15, -0.1) is 0 Å². The summed E-state index contributed by atoms with van der Waals surface area (Å²) in [6, 6.07) is -0.391. The first-order valence-corrected chi connectivity index (χ1v) is 4.38. The van der Waals surface area contributed by atoms with Gasteiger partial charge in [-0.1, -0.05) is 0 Å². The third kappa shape index (κ3) is 3.22. The fourth-order valence-corrected chi connectivity index (χ4v) is 1.29. The Bertz CT molecular complexity index is 184. The van der Waals surface area contributed by atoms with Crippen LogP contribution in [0.25, 0.3) is 0 Å². The average Bonchev–Trinajstić information content (AvgIpc) is 1.82. The predicted molar refractivity (Wildman–Crippen MR) is 50.8 cm³/mol. The molecule has 0 rings (SSSR count). The number of nitrogens with zero attached hydrogens (tertiary/aromatic N) is 1. The highest BCUT2D eigenvalue weighted by atomic mass is 16.4. The number of aliphatic hydroxyl groups excluding tert-OH is 1. The van der Waals surface area contributed by atoms with Crippen LogP contribution < -0.4 is 0 Å². The number of amides is 1. The second-order valence-electron chi connectivity index (χ2n) is 4.30. The summed E-state index contributed by atoms with van der Waals surface area (Å²) in [5, 5.41) is 18.2. The van der Waals surface area contributed by atoms with Crippen LogP contribution in [0.4, 0.5) is 4.79 Å². The van der Waals surface area contributed by atoms with E-state index in [-0.39, 0.29) is 0 Å². The van der Waals surface area contributed by atoms with E-state index in [4.69, 9.17) is 5.11 Å². The molecule has 0 saturated heterocycles. The number of aliphatic hydroxyl groups is 1. The monoisotopic (exact) mass is 189 g/mol. The Balaban J connectivity index is 4.72. The predicted octanol–water partition coefficient (Wildman–Crippen LogP) is 1.53. The van der Waals surface area contributed by atoms with Crippen molar-refractivity contribution in [1.82, 2.24) is 4.90 Å². The van der Waals surface area contributed by atoms with Crippen LogP contribution in [-0.2, 0) is 0 Å². The van der Waals surface area contributed by atoms with Gasteiger partial charge in [0.2, 0.25) is 0 Å². The van der Waals surface area contributed by atoms with Crippen molar-refractivity contribution < 1.29 is 15.0 Å². The summed E-state index contributed by atoms with van der Waals surface area (Å²) in [5.74, 6) is 0. The first-order chi connectivity index (χ1) is 5.68. The molecule has 4 heteroatoms. The SMILES string of the molecule is CC(O)C(C)N(C(=O)O)C(C)(C)C. The van der Waals surface area contributed by atoms with Crippen LogP contribution in [-0.4, -0.2) is 38.9 Å². The summed E-state index contributed by atoms with van der Waals surface area (Å²) in [7, 11) is 0. The molecule has 0 aromatic rings. The summed E-state index contributed by atoms with van der Waals surface area (Å²) in [6.45, 7) is 8.70. The number of rotatable bonds is 2. The smallest absolute Gasteiger partial charge is 0.408 e. The minimum absolute atomic E-state index is 0.391. The van der Waals surface area contributed by atoms with E-state index in [1.807, 2.05) is 0 Å². The highest BCUT2D eigenvalue weighted by Gasteiger charge is 2.32. The Hall–Kier alpha value is -0.770. The van der Waals surface area contributed by atoms with Crippen LogP contribution in [0.3, 0.4) is 0 Å². The molecular weight excluding hydrogens is 170 g/mol. The molecule has 4 nitrogen and oxygen atoms in total. The van der Waals surface area contributed by atoms with E-state index < -0.39 is 23.8 Å². The third-order valence-corrected chi connectivity index (χ3v) is 2.03. The van der Waals surface area contributed by atoms with Crippen molar-refractivity contribution in [3.63, 3.8) is 0 Å². The van der Waals surface area contributed by atoms with Crippen molar-refractivity contribution in [3.05, 3.63) is 0 Å². The number of carboxylic acid groups (broad SMARTS) is 1. The second kappa shape index (κ2) is 3.96. The molecular formula is C9H19NO3. The van der Waals surface area contributed by atoms with Crippen LogP contribution in [0, 0.1) is 0 Å². The quantitative estimate of drug-likeness (QED) is 0.692. The van der Waals surface area contributed by atoms with Gasteiger partial charge in [0.05, 0.1) is 12.1 Å². The average molecular weight is 189 g/mol. The fraction of sp³-hybridized carbons (Fsp3) is 0.889. The topological polar surface area (TPSA) is 60.8 Å². The van der Waals surface area contributed by atoms with Gasteiger partial charge in [-0.2, -0.15) is 0 Å². The van der Waals surface area contributed by atoms with Crippen molar-refractivity contribution in [2.24, 2.45) is 0 Å². The van der Waals surface area contributed by atoms with Crippen LogP contribution in [0.1, 0.15) is 34.6 Å². The maximum absolute atomic E-state index is 10.9. The highest BCUT2D eigenvalue weighted by Crippen LogP contribution is 2.18. The normalized spacial score (nSPS) is 16.5. The van der Waals surface area contributed by atoms with E-state index in [0.29, 0.717) is 0 Å².